The molecule has 0 aliphatic carbocycles. The number of amides is 3. The summed E-state index contributed by atoms with van der Waals surface area (Å²) in [6.45, 7) is 3.47. The minimum Gasteiger partial charge on any atom is -0.378 e. The van der Waals surface area contributed by atoms with Gasteiger partial charge in [-0.3, -0.25) is 4.79 Å². The molecule has 0 aliphatic rings. The Hall–Kier alpha value is -2.24. The van der Waals surface area contributed by atoms with Crippen LogP contribution in [-0.4, -0.2) is 39.1 Å². The molecule has 0 spiro atoms. The van der Waals surface area contributed by atoms with Gasteiger partial charge in [0.05, 0.1) is 0 Å². The summed E-state index contributed by atoms with van der Waals surface area (Å²) in [7, 11) is 3.97. The Morgan fingerprint density at radius 3 is 2.27 bits per heavy atom. The summed E-state index contributed by atoms with van der Waals surface area (Å²) in [6, 6.07) is 7.71. The fourth-order valence-electron chi connectivity index (χ4n) is 1.80. The van der Waals surface area contributed by atoms with Crippen LogP contribution in [0, 0.1) is 0 Å². The first kappa shape index (κ1) is 17.8. The van der Waals surface area contributed by atoms with Crippen molar-refractivity contribution in [2.45, 2.75) is 26.3 Å². The van der Waals surface area contributed by atoms with E-state index < -0.39 is 0 Å². The highest BCUT2D eigenvalue weighted by molar-refractivity contribution is 5.78. The van der Waals surface area contributed by atoms with Gasteiger partial charge < -0.3 is 20.9 Å². The van der Waals surface area contributed by atoms with E-state index in [0.717, 1.165) is 17.7 Å². The number of hydrogen-bond acceptors (Lipinski definition) is 3. The number of nitrogens with one attached hydrogen (secondary N) is 3. The number of nitrogens with zero attached hydrogens (tertiary/aromatic N) is 1. The summed E-state index contributed by atoms with van der Waals surface area (Å²) in [4.78, 5) is 25.0. The van der Waals surface area contributed by atoms with Gasteiger partial charge >= 0.3 is 6.03 Å². The number of urea groups is 1. The lowest BCUT2D eigenvalue weighted by Gasteiger charge is -2.13. The van der Waals surface area contributed by atoms with E-state index in [9.17, 15) is 9.59 Å². The molecule has 1 rings (SSSR count). The highest BCUT2D eigenvalue weighted by Crippen LogP contribution is 2.11. The van der Waals surface area contributed by atoms with Crippen LogP contribution in [-0.2, 0) is 11.3 Å². The first-order chi connectivity index (χ1) is 10.5. The Morgan fingerprint density at radius 1 is 1.00 bits per heavy atom. The van der Waals surface area contributed by atoms with E-state index in [4.69, 9.17) is 0 Å². The molecule has 1 aromatic rings. The molecule has 0 aromatic heterocycles. The van der Waals surface area contributed by atoms with Crippen molar-refractivity contribution in [2.75, 3.05) is 32.1 Å². The van der Waals surface area contributed by atoms with Gasteiger partial charge in [0.2, 0.25) is 5.91 Å². The quantitative estimate of drug-likeness (QED) is 0.681. The minimum absolute atomic E-state index is 0.0403. The highest BCUT2D eigenvalue weighted by Gasteiger charge is 2.03. The molecular weight excluding hydrogens is 280 g/mol. The Labute approximate surface area is 132 Å². The number of rotatable bonds is 8. The van der Waals surface area contributed by atoms with Crippen molar-refractivity contribution in [1.82, 2.24) is 16.0 Å². The van der Waals surface area contributed by atoms with Gasteiger partial charge in [-0.25, -0.2) is 4.79 Å². The van der Waals surface area contributed by atoms with Crippen LogP contribution in [0.15, 0.2) is 24.3 Å². The van der Waals surface area contributed by atoms with E-state index in [1.165, 1.54) is 0 Å². The van der Waals surface area contributed by atoms with Gasteiger partial charge in [-0.05, 0) is 24.1 Å². The zero-order valence-corrected chi connectivity index (χ0v) is 13.6. The fourth-order valence-corrected chi connectivity index (χ4v) is 1.80. The molecule has 0 saturated heterocycles. The first-order valence-electron chi connectivity index (χ1n) is 7.57. The maximum absolute atomic E-state index is 11.6. The monoisotopic (exact) mass is 306 g/mol. The first-order valence-corrected chi connectivity index (χ1v) is 7.57. The van der Waals surface area contributed by atoms with Crippen molar-refractivity contribution in [3.8, 4) is 0 Å². The molecule has 0 atom stereocenters. The molecule has 0 fully saturated rings. The molecule has 0 radical (unpaired) electrons. The highest BCUT2D eigenvalue weighted by atomic mass is 16.2. The van der Waals surface area contributed by atoms with Crippen molar-refractivity contribution in [3.63, 3.8) is 0 Å². The normalized spacial score (nSPS) is 9.95. The molecule has 0 bridgehead atoms. The van der Waals surface area contributed by atoms with E-state index in [1.807, 2.05) is 50.2 Å². The summed E-state index contributed by atoms with van der Waals surface area (Å²) in [5.41, 5.74) is 2.15. The van der Waals surface area contributed by atoms with Crippen molar-refractivity contribution in [1.29, 1.82) is 0 Å². The van der Waals surface area contributed by atoms with Crippen molar-refractivity contribution in [3.05, 3.63) is 29.8 Å². The maximum atomic E-state index is 11.6. The third-order valence-corrected chi connectivity index (χ3v) is 3.12. The summed E-state index contributed by atoms with van der Waals surface area (Å²) < 4.78 is 0. The summed E-state index contributed by atoms with van der Waals surface area (Å²) in [5.74, 6) is -0.0403. The average Bonchev–Trinajstić information content (AvgIpc) is 2.51. The molecule has 0 unspecified atom stereocenters. The van der Waals surface area contributed by atoms with Crippen molar-refractivity contribution >= 4 is 17.6 Å². The smallest absolute Gasteiger partial charge is 0.315 e. The van der Waals surface area contributed by atoms with Crippen LogP contribution in [0.3, 0.4) is 0 Å². The zero-order valence-electron chi connectivity index (χ0n) is 13.6. The van der Waals surface area contributed by atoms with Gasteiger partial charge in [0, 0.05) is 45.8 Å². The molecule has 122 valence electrons. The maximum Gasteiger partial charge on any atom is 0.315 e. The van der Waals surface area contributed by atoms with Gasteiger partial charge in [0.25, 0.3) is 0 Å². The Bertz CT molecular complexity index is 472. The Kier molecular flexibility index (Phi) is 7.81. The summed E-state index contributed by atoms with van der Waals surface area (Å²) in [6.07, 6.45) is 1.21. The minimum atomic E-state index is -0.264. The predicted octanol–water partition coefficient (Wildman–Crippen LogP) is 1.47. The lowest BCUT2D eigenvalue weighted by Crippen LogP contribution is -2.37. The van der Waals surface area contributed by atoms with Crippen LogP contribution in [0.5, 0.6) is 0 Å². The van der Waals surface area contributed by atoms with Crippen LogP contribution < -0.4 is 20.9 Å². The number of anilines is 1. The van der Waals surface area contributed by atoms with E-state index in [-0.39, 0.29) is 11.9 Å². The largest absolute Gasteiger partial charge is 0.378 e. The van der Waals surface area contributed by atoms with Crippen LogP contribution in [0.2, 0.25) is 0 Å². The van der Waals surface area contributed by atoms with Crippen LogP contribution in [0.1, 0.15) is 25.3 Å². The third-order valence-electron chi connectivity index (χ3n) is 3.12. The molecule has 3 N–H and O–H groups in total. The Balaban J connectivity index is 2.21. The van der Waals surface area contributed by atoms with Gasteiger partial charge in [-0.2, -0.15) is 0 Å². The molecule has 6 nitrogen and oxygen atoms in total. The molecule has 0 aliphatic heterocycles. The van der Waals surface area contributed by atoms with Crippen molar-refractivity contribution < 1.29 is 9.59 Å². The average molecular weight is 306 g/mol. The van der Waals surface area contributed by atoms with E-state index in [1.54, 1.807) is 0 Å². The second kappa shape index (κ2) is 9.65. The SMILES string of the molecule is CCCNC(=O)CCNC(=O)NCc1ccc(N(C)C)cc1. The van der Waals surface area contributed by atoms with Crippen molar-refractivity contribution in [2.24, 2.45) is 0 Å². The molecule has 0 heterocycles. The zero-order chi connectivity index (χ0) is 16.4. The second-order valence-electron chi connectivity index (χ2n) is 5.27. The molecule has 1 aromatic carbocycles. The van der Waals surface area contributed by atoms with E-state index in [0.29, 0.717) is 26.1 Å². The molecule has 3 amide bonds. The van der Waals surface area contributed by atoms with Gasteiger partial charge in [0.1, 0.15) is 0 Å². The lowest BCUT2D eigenvalue weighted by molar-refractivity contribution is -0.120. The topological polar surface area (TPSA) is 73.5 Å². The predicted molar refractivity (Wildman–Crippen MR) is 88.9 cm³/mol. The van der Waals surface area contributed by atoms with Gasteiger partial charge in [0.15, 0.2) is 0 Å². The standard InChI is InChI=1S/C16H26N4O2/c1-4-10-17-15(21)9-11-18-16(22)19-12-13-5-7-14(8-6-13)20(2)3/h5-8H,4,9-12H2,1-3H3,(H,17,21)(H2,18,19,22). The van der Waals surface area contributed by atoms with Gasteiger partial charge in [-0.1, -0.05) is 19.1 Å². The fraction of sp³-hybridized carbons (Fsp3) is 0.500. The summed E-state index contributed by atoms with van der Waals surface area (Å²) in [5, 5.41) is 8.20. The lowest BCUT2D eigenvalue weighted by atomic mass is 10.2. The number of benzene rings is 1. The van der Waals surface area contributed by atoms with Gasteiger partial charge in [-0.15, -0.1) is 0 Å². The molecule has 0 saturated carbocycles. The summed E-state index contributed by atoms with van der Waals surface area (Å²) >= 11 is 0. The van der Waals surface area contributed by atoms with E-state index in [2.05, 4.69) is 16.0 Å². The van der Waals surface area contributed by atoms with Crippen LogP contribution in [0.4, 0.5) is 10.5 Å². The van der Waals surface area contributed by atoms with Crippen LogP contribution >= 0.6 is 0 Å². The molecular formula is C16H26N4O2. The number of carbonyl (C=O) groups excluding carboxylic acids is 2. The van der Waals surface area contributed by atoms with E-state index >= 15 is 0 Å². The number of hydrogen-bond donors (Lipinski definition) is 3. The molecule has 22 heavy (non-hydrogen) atoms. The third kappa shape index (κ3) is 6.97. The molecule has 6 heteroatoms. The number of carbonyl (C=O) groups is 2. The second-order valence-corrected chi connectivity index (χ2v) is 5.27. The Morgan fingerprint density at radius 2 is 1.68 bits per heavy atom. The van der Waals surface area contributed by atoms with Crippen LogP contribution in [0.25, 0.3) is 0 Å².